The van der Waals surface area contributed by atoms with Crippen molar-refractivity contribution in [2.75, 3.05) is 25.1 Å². The van der Waals surface area contributed by atoms with Gasteiger partial charge in [0.25, 0.3) is 0 Å². The van der Waals surface area contributed by atoms with Crippen molar-refractivity contribution in [1.29, 1.82) is 0 Å². The van der Waals surface area contributed by atoms with E-state index in [0.717, 1.165) is 18.1 Å². The minimum atomic E-state index is -0.128. The number of carbonyl (C=O) groups excluding carboxylic acids is 1. The number of ether oxygens (including phenoxy) is 1. The maximum atomic E-state index is 11.2. The minimum Gasteiger partial charge on any atom is -0.469 e. The van der Waals surface area contributed by atoms with Crippen LogP contribution in [-0.2, 0) is 9.53 Å². The van der Waals surface area contributed by atoms with Gasteiger partial charge in [0, 0.05) is 24.6 Å². The molecule has 1 fully saturated rings. The molecule has 1 saturated heterocycles. The maximum Gasteiger partial charge on any atom is 0.310 e. The molecule has 1 aromatic rings. The molecule has 76 valence electrons. The smallest absolute Gasteiger partial charge is 0.310 e. The normalized spacial score (nSPS) is 21.2. The van der Waals surface area contributed by atoms with Gasteiger partial charge in [-0.15, -0.1) is 0 Å². The van der Waals surface area contributed by atoms with Crippen LogP contribution >= 0.6 is 11.5 Å². The van der Waals surface area contributed by atoms with Gasteiger partial charge in [-0.3, -0.25) is 4.79 Å². The van der Waals surface area contributed by atoms with Crippen LogP contribution in [0.15, 0.2) is 6.33 Å². The molecule has 0 saturated carbocycles. The Hall–Kier alpha value is -1.17. The number of hydrogen-bond acceptors (Lipinski definition) is 6. The van der Waals surface area contributed by atoms with Gasteiger partial charge in [0.05, 0.1) is 13.0 Å². The lowest BCUT2D eigenvalue weighted by Crippen LogP contribution is -2.23. The number of anilines is 1. The fraction of sp³-hybridized carbons (Fsp3) is 0.625. The Labute approximate surface area is 85.9 Å². The second kappa shape index (κ2) is 3.91. The van der Waals surface area contributed by atoms with E-state index in [-0.39, 0.29) is 11.9 Å². The Kier molecular flexibility index (Phi) is 2.62. The Morgan fingerprint density at radius 1 is 1.79 bits per heavy atom. The van der Waals surface area contributed by atoms with E-state index < -0.39 is 0 Å². The monoisotopic (exact) mass is 213 g/mol. The van der Waals surface area contributed by atoms with E-state index in [9.17, 15) is 4.79 Å². The summed E-state index contributed by atoms with van der Waals surface area (Å²) < 4.78 is 8.63. The van der Waals surface area contributed by atoms with E-state index >= 15 is 0 Å². The van der Waals surface area contributed by atoms with Gasteiger partial charge in [0.15, 0.2) is 0 Å². The Morgan fingerprint density at radius 2 is 2.64 bits per heavy atom. The van der Waals surface area contributed by atoms with Crippen molar-refractivity contribution >= 4 is 22.6 Å². The highest BCUT2D eigenvalue weighted by atomic mass is 32.1. The molecule has 1 atom stereocenters. The van der Waals surface area contributed by atoms with Crippen LogP contribution in [0.1, 0.15) is 6.42 Å². The van der Waals surface area contributed by atoms with Gasteiger partial charge >= 0.3 is 5.97 Å². The molecule has 1 aliphatic rings. The third-order valence-electron chi connectivity index (χ3n) is 2.34. The van der Waals surface area contributed by atoms with E-state index in [4.69, 9.17) is 4.74 Å². The molecular weight excluding hydrogens is 202 g/mol. The number of aromatic nitrogens is 2. The van der Waals surface area contributed by atoms with Crippen molar-refractivity contribution in [3.05, 3.63) is 6.33 Å². The summed E-state index contributed by atoms with van der Waals surface area (Å²) in [5, 5.41) is 0.886. The van der Waals surface area contributed by atoms with Crippen LogP contribution in [0, 0.1) is 5.92 Å². The number of carbonyl (C=O) groups is 1. The molecule has 0 spiro atoms. The summed E-state index contributed by atoms with van der Waals surface area (Å²) >= 11 is 1.35. The maximum absolute atomic E-state index is 11.2. The van der Waals surface area contributed by atoms with Gasteiger partial charge in [-0.05, 0) is 6.42 Å². The van der Waals surface area contributed by atoms with Gasteiger partial charge in [-0.25, -0.2) is 4.98 Å². The van der Waals surface area contributed by atoms with Gasteiger partial charge in [0.1, 0.15) is 6.33 Å². The summed E-state index contributed by atoms with van der Waals surface area (Å²) in [6, 6.07) is 0. The second-order valence-corrected chi connectivity index (χ2v) is 3.94. The van der Waals surface area contributed by atoms with Gasteiger partial charge in [-0.2, -0.15) is 4.37 Å². The molecule has 1 unspecified atom stereocenters. The number of methoxy groups -OCH3 is 1. The average molecular weight is 213 g/mol. The summed E-state index contributed by atoms with van der Waals surface area (Å²) in [5.41, 5.74) is 0. The molecule has 0 aliphatic carbocycles. The largest absolute Gasteiger partial charge is 0.469 e. The Balaban J connectivity index is 1.98. The van der Waals surface area contributed by atoms with Crippen LogP contribution in [0.2, 0.25) is 0 Å². The predicted octanol–water partition coefficient (Wildman–Crippen LogP) is 0.537. The number of rotatable bonds is 2. The first-order valence-electron chi connectivity index (χ1n) is 4.40. The number of esters is 1. The molecule has 0 N–H and O–H groups in total. The quantitative estimate of drug-likeness (QED) is 0.671. The first kappa shape index (κ1) is 9.39. The van der Waals surface area contributed by atoms with Crippen molar-refractivity contribution in [2.24, 2.45) is 5.92 Å². The highest BCUT2D eigenvalue weighted by Crippen LogP contribution is 2.24. The van der Waals surface area contributed by atoms with Crippen LogP contribution in [-0.4, -0.2) is 35.5 Å². The molecule has 2 rings (SSSR count). The van der Waals surface area contributed by atoms with Crippen molar-refractivity contribution < 1.29 is 9.53 Å². The highest BCUT2D eigenvalue weighted by molar-refractivity contribution is 7.09. The van der Waals surface area contributed by atoms with Crippen molar-refractivity contribution in [3.63, 3.8) is 0 Å². The average Bonchev–Trinajstić information content (AvgIpc) is 2.86. The molecule has 6 heteroatoms. The van der Waals surface area contributed by atoms with Gasteiger partial charge in [0.2, 0.25) is 5.13 Å². The zero-order valence-electron chi connectivity index (χ0n) is 7.84. The molecule has 14 heavy (non-hydrogen) atoms. The fourth-order valence-electron chi connectivity index (χ4n) is 1.60. The van der Waals surface area contributed by atoms with E-state index in [2.05, 4.69) is 14.3 Å². The Morgan fingerprint density at radius 3 is 3.29 bits per heavy atom. The predicted molar refractivity (Wildman–Crippen MR) is 52.2 cm³/mol. The van der Waals surface area contributed by atoms with E-state index in [1.54, 1.807) is 0 Å². The van der Waals surface area contributed by atoms with Gasteiger partial charge in [-0.1, -0.05) is 0 Å². The molecule has 5 nitrogen and oxygen atoms in total. The Bertz CT molecular complexity index is 314. The van der Waals surface area contributed by atoms with Crippen molar-refractivity contribution in [3.8, 4) is 0 Å². The first-order valence-corrected chi connectivity index (χ1v) is 5.18. The van der Waals surface area contributed by atoms with E-state index in [1.807, 2.05) is 0 Å². The van der Waals surface area contributed by atoms with Gasteiger partial charge < -0.3 is 9.64 Å². The molecule has 1 aliphatic heterocycles. The van der Waals surface area contributed by atoms with E-state index in [0.29, 0.717) is 6.54 Å². The summed E-state index contributed by atoms with van der Waals surface area (Å²) in [5.74, 6) is -0.138. The number of hydrogen-bond donors (Lipinski definition) is 0. The van der Waals surface area contributed by atoms with Crippen LogP contribution in [0.25, 0.3) is 0 Å². The molecule has 0 radical (unpaired) electrons. The third-order valence-corrected chi connectivity index (χ3v) is 3.07. The molecule has 0 amide bonds. The summed E-state index contributed by atoms with van der Waals surface area (Å²) in [6.45, 7) is 1.55. The summed E-state index contributed by atoms with van der Waals surface area (Å²) in [7, 11) is 1.43. The molecule has 1 aromatic heterocycles. The minimum absolute atomic E-state index is 0.0103. The van der Waals surface area contributed by atoms with Crippen LogP contribution in [0.3, 0.4) is 0 Å². The van der Waals surface area contributed by atoms with Crippen molar-refractivity contribution in [2.45, 2.75) is 6.42 Å². The summed E-state index contributed by atoms with van der Waals surface area (Å²) in [4.78, 5) is 17.4. The lowest BCUT2D eigenvalue weighted by atomic mass is 10.1. The first-order chi connectivity index (χ1) is 6.81. The number of nitrogens with zero attached hydrogens (tertiary/aromatic N) is 3. The fourth-order valence-corrected chi connectivity index (χ4v) is 2.16. The topological polar surface area (TPSA) is 55.3 Å². The standard InChI is InChI=1S/C8H11N3O2S/c1-13-7(12)6-2-3-11(4-6)8-9-5-10-14-8/h5-6H,2-4H2,1H3. The second-order valence-electron chi connectivity index (χ2n) is 3.18. The highest BCUT2D eigenvalue weighted by Gasteiger charge is 2.30. The molecular formula is C8H11N3O2S. The van der Waals surface area contributed by atoms with Crippen LogP contribution < -0.4 is 4.90 Å². The SMILES string of the molecule is COC(=O)C1CCN(c2ncns2)C1. The lowest BCUT2D eigenvalue weighted by Gasteiger charge is -2.12. The van der Waals surface area contributed by atoms with E-state index in [1.165, 1.54) is 25.0 Å². The van der Waals surface area contributed by atoms with Crippen LogP contribution in [0.5, 0.6) is 0 Å². The zero-order valence-corrected chi connectivity index (χ0v) is 8.66. The summed E-state index contributed by atoms with van der Waals surface area (Å²) in [6.07, 6.45) is 2.37. The molecule has 0 aromatic carbocycles. The molecule has 0 bridgehead atoms. The third kappa shape index (κ3) is 1.70. The van der Waals surface area contributed by atoms with Crippen LogP contribution in [0.4, 0.5) is 5.13 Å². The zero-order chi connectivity index (χ0) is 9.97. The lowest BCUT2D eigenvalue weighted by molar-refractivity contribution is -0.144. The molecule has 2 heterocycles. The van der Waals surface area contributed by atoms with Crippen molar-refractivity contribution in [1.82, 2.24) is 9.36 Å².